The minimum absolute atomic E-state index is 0.0163. The Morgan fingerprint density at radius 2 is 1.82 bits per heavy atom. The van der Waals surface area contributed by atoms with Crippen LogP contribution in [0.1, 0.15) is 48.3 Å². The molecular formula is C19H22ClNO. The van der Waals surface area contributed by atoms with E-state index in [1.807, 2.05) is 0 Å². The number of rotatable bonds is 5. The van der Waals surface area contributed by atoms with Crippen molar-refractivity contribution in [2.24, 2.45) is 5.92 Å². The highest BCUT2D eigenvalue weighted by Crippen LogP contribution is 2.23. The summed E-state index contributed by atoms with van der Waals surface area (Å²) in [7, 11) is 0. The van der Waals surface area contributed by atoms with Gasteiger partial charge in [-0.3, -0.25) is 4.79 Å². The van der Waals surface area contributed by atoms with Gasteiger partial charge in [0.05, 0.1) is 6.04 Å². The van der Waals surface area contributed by atoms with Crippen LogP contribution < -0.4 is 5.32 Å². The first-order valence-electron chi connectivity index (χ1n) is 7.66. The molecule has 0 spiro atoms. The lowest BCUT2D eigenvalue weighted by molar-refractivity contribution is 0.0925. The van der Waals surface area contributed by atoms with Gasteiger partial charge in [0.25, 0.3) is 5.91 Å². The summed E-state index contributed by atoms with van der Waals surface area (Å²) in [5.74, 6) is 0.205. The first kappa shape index (κ1) is 16.6. The van der Waals surface area contributed by atoms with Crippen molar-refractivity contribution < 1.29 is 4.79 Å². The lowest BCUT2D eigenvalue weighted by Crippen LogP contribution is -2.31. The van der Waals surface area contributed by atoms with Crippen LogP contribution in [-0.4, -0.2) is 5.91 Å². The standard InChI is InChI=1S/C19H22ClNO/c1-4-14-8-10-15(11-9-14)18(13(2)3)21-19(22)16-6-5-7-17(20)12-16/h5-13,18H,4H2,1-3H3,(H,21,22)/t18-/m1/s1. The topological polar surface area (TPSA) is 29.1 Å². The van der Waals surface area contributed by atoms with Crippen molar-refractivity contribution in [3.8, 4) is 0 Å². The van der Waals surface area contributed by atoms with Crippen molar-refractivity contribution >= 4 is 17.5 Å². The van der Waals surface area contributed by atoms with Crippen molar-refractivity contribution in [3.05, 3.63) is 70.2 Å². The molecule has 2 nitrogen and oxygen atoms in total. The van der Waals surface area contributed by atoms with Crippen LogP contribution in [0, 0.1) is 5.92 Å². The number of aryl methyl sites for hydroxylation is 1. The second-order valence-electron chi connectivity index (χ2n) is 5.80. The Morgan fingerprint density at radius 3 is 2.36 bits per heavy atom. The summed E-state index contributed by atoms with van der Waals surface area (Å²) < 4.78 is 0. The molecule has 0 aliphatic carbocycles. The highest BCUT2D eigenvalue weighted by atomic mass is 35.5. The van der Waals surface area contributed by atoms with E-state index in [-0.39, 0.29) is 11.9 Å². The highest BCUT2D eigenvalue weighted by Gasteiger charge is 2.19. The molecule has 1 atom stereocenters. The number of nitrogens with one attached hydrogen (secondary N) is 1. The molecule has 0 fully saturated rings. The van der Waals surface area contributed by atoms with Gasteiger partial charge in [-0.05, 0) is 41.7 Å². The first-order valence-corrected chi connectivity index (χ1v) is 8.04. The lowest BCUT2D eigenvalue weighted by atomic mass is 9.94. The van der Waals surface area contributed by atoms with E-state index < -0.39 is 0 Å². The van der Waals surface area contributed by atoms with E-state index in [1.165, 1.54) is 5.56 Å². The van der Waals surface area contributed by atoms with Gasteiger partial charge < -0.3 is 5.32 Å². The van der Waals surface area contributed by atoms with Crippen molar-refractivity contribution in [1.82, 2.24) is 5.32 Å². The summed E-state index contributed by atoms with van der Waals surface area (Å²) >= 11 is 5.96. The minimum Gasteiger partial charge on any atom is -0.345 e. The SMILES string of the molecule is CCc1ccc([C@H](NC(=O)c2cccc(Cl)c2)C(C)C)cc1. The fourth-order valence-electron chi connectivity index (χ4n) is 2.45. The minimum atomic E-state index is -0.0965. The molecule has 2 rings (SSSR count). The van der Waals surface area contributed by atoms with Gasteiger partial charge >= 0.3 is 0 Å². The van der Waals surface area contributed by atoms with E-state index in [4.69, 9.17) is 11.6 Å². The van der Waals surface area contributed by atoms with Crippen molar-refractivity contribution in [1.29, 1.82) is 0 Å². The third-order valence-corrected chi connectivity index (χ3v) is 4.02. The maximum Gasteiger partial charge on any atom is 0.251 e. The molecular weight excluding hydrogens is 294 g/mol. The zero-order chi connectivity index (χ0) is 16.1. The number of hydrogen-bond donors (Lipinski definition) is 1. The number of benzene rings is 2. The van der Waals surface area contributed by atoms with Crippen molar-refractivity contribution in [2.75, 3.05) is 0 Å². The average Bonchev–Trinajstić information content (AvgIpc) is 2.52. The molecule has 2 aromatic carbocycles. The molecule has 0 saturated carbocycles. The number of carbonyl (C=O) groups excluding carboxylic acids is 1. The molecule has 22 heavy (non-hydrogen) atoms. The second kappa shape index (κ2) is 7.46. The summed E-state index contributed by atoms with van der Waals surface area (Å²) in [5.41, 5.74) is 3.01. The van der Waals surface area contributed by atoms with Gasteiger partial charge in [-0.25, -0.2) is 0 Å². The number of amides is 1. The van der Waals surface area contributed by atoms with Crippen molar-refractivity contribution in [2.45, 2.75) is 33.2 Å². The molecule has 0 aromatic heterocycles. The van der Waals surface area contributed by atoms with Crippen LogP contribution in [0.2, 0.25) is 5.02 Å². The van der Waals surface area contributed by atoms with Gasteiger partial charge in [-0.2, -0.15) is 0 Å². The molecule has 0 saturated heterocycles. The molecule has 1 N–H and O–H groups in total. The molecule has 0 aliphatic heterocycles. The lowest BCUT2D eigenvalue weighted by Gasteiger charge is -2.23. The monoisotopic (exact) mass is 315 g/mol. The molecule has 0 radical (unpaired) electrons. The third kappa shape index (κ3) is 4.11. The summed E-state index contributed by atoms with van der Waals surface area (Å²) in [6, 6.07) is 15.4. The third-order valence-electron chi connectivity index (χ3n) is 3.79. The van der Waals surface area contributed by atoms with Gasteiger partial charge in [-0.15, -0.1) is 0 Å². The Bertz CT molecular complexity index is 634. The zero-order valence-corrected chi connectivity index (χ0v) is 14.0. The van der Waals surface area contributed by atoms with Gasteiger partial charge in [0, 0.05) is 10.6 Å². The molecule has 0 unspecified atom stereocenters. The number of carbonyl (C=O) groups is 1. The molecule has 2 aromatic rings. The van der Waals surface area contributed by atoms with Crippen LogP contribution in [0.15, 0.2) is 48.5 Å². The Labute approximate surface area is 137 Å². The largest absolute Gasteiger partial charge is 0.345 e. The quantitative estimate of drug-likeness (QED) is 0.823. The normalized spacial score (nSPS) is 12.2. The van der Waals surface area contributed by atoms with Crippen LogP contribution in [0.3, 0.4) is 0 Å². The summed E-state index contributed by atoms with van der Waals surface area (Å²) in [6.07, 6.45) is 1.02. The Hall–Kier alpha value is -1.80. The van der Waals surface area contributed by atoms with Crippen LogP contribution in [-0.2, 0) is 6.42 Å². The Morgan fingerprint density at radius 1 is 1.14 bits per heavy atom. The Kier molecular flexibility index (Phi) is 5.62. The molecule has 3 heteroatoms. The predicted molar refractivity (Wildman–Crippen MR) is 92.3 cm³/mol. The van der Waals surface area contributed by atoms with E-state index in [1.54, 1.807) is 24.3 Å². The van der Waals surface area contributed by atoms with Crippen LogP contribution in [0.25, 0.3) is 0 Å². The Balaban J connectivity index is 2.19. The van der Waals surface area contributed by atoms with E-state index in [0.29, 0.717) is 16.5 Å². The fourth-order valence-corrected chi connectivity index (χ4v) is 2.64. The first-order chi connectivity index (χ1) is 10.5. The van der Waals surface area contributed by atoms with Crippen LogP contribution >= 0.6 is 11.6 Å². The van der Waals surface area contributed by atoms with E-state index in [0.717, 1.165) is 12.0 Å². The number of hydrogen-bond acceptors (Lipinski definition) is 1. The highest BCUT2D eigenvalue weighted by molar-refractivity contribution is 6.30. The van der Waals surface area contributed by atoms with Gasteiger partial charge in [-0.1, -0.05) is 62.7 Å². The molecule has 0 aliphatic rings. The summed E-state index contributed by atoms with van der Waals surface area (Å²) in [5, 5.41) is 3.69. The van der Waals surface area contributed by atoms with Crippen molar-refractivity contribution in [3.63, 3.8) is 0 Å². The second-order valence-corrected chi connectivity index (χ2v) is 6.24. The van der Waals surface area contributed by atoms with Gasteiger partial charge in [0.15, 0.2) is 0 Å². The van der Waals surface area contributed by atoms with E-state index >= 15 is 0 Å². The number of halogens is 1. The molecule has 116 valence electrons. The van der Waals surface area contributed by atoms with Crippen LogP contribution in [0.4, 0.5) is 0 Å². The van der Waals surface area contributed by atoms with Crippen LogP contribution in [0.5, 0.6) is 0 Å². The summed E-state index contributed by atoms with van der Waals surface area (Å²) in [6.45, 7) is 6.35. The van der Waals surface area contributed by atoms with Gasteiger partial charge in [0.1, 0.15) is 0 Å². The molecule has 0 heterocycles. The zero-order valence-electron chi connectivity index (χ0n) is 13.3. The van der Waals surface area contributed by atoms with Gasteiger partial charge in [0.2, 0.25) is 0 Å². The molecule has 0 bridgehead atoms. The summed E-state index contributed by atoms with van der Waals surface area (Å²) in [4.78, 5) is 12.4. The smallest absolute Gasteiger partial charge is 0.251 e. The fraction of sp³-hybridized carbons (Fsp3) is 0.316. The average molecular weight is 316 g/mol. The maximum absolute atomic E-state index is 12.4. The van der Waals surface area contributed by atoms with E-state index in [9.17, 15) is 4.79 Å². The van der Waals surface area contributed by atoms with E-state index in [2.05, 4.69) is 50.4 Å². The molecule has 1 amide bonds. The maximum atomic E-state index is 12.4. The predicted octanol–water partition coefficient (Wildman–Crippen LogP) is 5.03.